The minimum absolute atomic E-state index is 0.0933. The van der Waals surface area contributed by atoms with Crippen molar-refractivity contribution in [1.82, 2.24) is 10.3 Å². The molecule has 3 nitrogen and oxygen atoms in total. The Balaban J connectivity index is 1.03. The maximum Gasteiger partial charge on any atom is 0.126 e. The van der Waals surface area contributed by atoms with Crippen LogP contribution in [0.25, 0.3) is 72.0 Å². The molecule has 2 atom stereocenters. The molecule has 3 heteroatoms. The lowest BCUT2D eigenvalue weighted by molar-refractivity contribution is 0.482. The Morgan fingerprint density at radius 1 is 0.586 bits per heavy atom. The number of aliphatic imine (C=N–C) groups is 1. The third kappa shape index (κ3) is 7.02. The highest BCUT2D eigenvalue weighted by Crippen LogP contribution is 2.40. The topological polar surface area (TPSA) is 37.3 Å². The van der Waals surface area contributed by atoms with Gasteiger partial charge in [-0.25, -0.2) is 4.98 Å². The summed E-state index contributed by atoms with van der Waals surface area (Å²) in [4.78, 5) is 10.4. The lowest BCUT2D eigenvalue weighted by Crippen LogP contribution is -2.24. The van der Waals surface area contributed by atoms with Crippen LogP contribution in [0.2, 0.25) is 0 Å². The second-order valence-electron chi connectivity index (χ2n) is 15.3. The summed E-state index contributed by atoms with van der Waals surface area (Å²) in [5, 5.41) is 9.89. The molecular formula is C55H43N3. The van der Waals surface area contributed by atoms with Crippen molar-refractivity contribution in [3.63, 3.8) is 0 Å². The van der Waals surface area contributed by atoms with Crippen LogP contribution in [0, 0.1) is 0 Å². The van der Waals surface area contributed by atoms with E-state index in [2.05, 4.69) is 206 Å². The molecule has 10 rings (SSSR count). The summed E-state index contributed by atoms with van der Waals surface area (Å²) in [7, 11) is 0. The number of aryl methyl sites for hydroxylation is 1. The molecule has 1 unspecified atom stereocenters. The Labute approximate surface area is 340 Å². The Hall–Kier alpha value is -6.94. The van der Waals surface area contributed by atoms with Crippen molar-refractivity contribution < 1.29 is 0 Å². The number of nitrogens with zero attached hydrogens (tertiary/aromatic N) is 2. The first kappa shape index (κ1) is 35.5. The Morgan fingerprint density at radius 2 is 1.33 bits per heavy atom. The SMILES string of the molecule is C[C@H](NC(/N=C/c1ccc2ccccc2c1)c1ccc(-c2cccc3c2ccc2nc(-c4ccccc4)cc(-c4ccccc4)c23)cc1)c1ccc2c(c1)CCC=C2. The summed E-state index contributed by atoms with van der Waals surface area (Å²) in [6.45, 7) is 2.25. The van der Waals surface area contributed by atoms with Crippen molar-refractivity contribution in [3.8, 4) is 33.5 Å². The fraction of sp³-hybridized carbons (Fsp3) is 0.0909. The molecule has 1 N–H and O–H groups in total. The van der Waals surface area contributed by atoms with E-state index in [0.717, 1.165) is 46.3 Å². The van der Waals surface area contributed by atoms with Crippen molar-refractivity contribution in [1.29, 1.82) is 0 Å². The molecule has 0 bridgehead atoms. The first-order valence-corrected chi connectivity index (χ1v) is 20.3. The highest BCUT2D eigenvalue weighted by atomic mass is 15.1. The van der Waals surface area contributed by atoms with Gasteiger partial charge in [-0.2, -0.15) is 0 Å². The molecule has 0 fully saturated rings. The molecule has 8 aromatic carbocycles. The number of hydrogen-bond donors (Lipinski definition) is 1. The molecule has 278 valence electrons. The fourth-order valence-electron chi connectivity index (χ4n) is 8.52. The van der Waals surface area contributed by atoms with Gasteiger partial charge in [-0.3, -0.25) is 10.3 Å². The zero-order valence-electron chi connectivity index (χ0n) is 32.5. The number of rotatable bonds is 9. The van der Waals surface area contributed by atoms with Gasteiger partial charge in [0, 0.05) is 23.2 Å². The number of allylic oxidation sites excluding steroid dienone is 1. The summed E-state index contributed by atoms with van der Waals surface area (Å²) in [6.07, 6.45) is 8.46. The van der Waals surface area contributed by atoms with E-state index in [9.17, 15) is 0 Å². The van der Waals surface area contributed by atoms with Crippen molar-refractivity contribution >= 4 is 44.7 Å². The predicted molar refractivity (Wildman–Crippen MR) is 245 cm³/mol. The molecule has 0 aliphatic heterocycles. The zero-order valence-corrected chi connectivity index (χ0v) is 32.5. The van der Waals surface area contributed by atoms with Crippen LogP contribution >= 0.6 is 0 Å². The van der Waals surface area contributed by atoms with Crippen molar-refractivity contribution in [3.05, 3.63) is 216 Å². The molecule has 0 saturated carbocycles. The zero-order chi connectivity index (χ0) is 38.8. The van der Waals surface area contributed by atoms with Gasteiger partial charge in [0.05, 0.1) is 11.2 Å². The van der Waals surface area contributed by atoms with Gasteiger partial charge in [0.25, 0.3) is 0 Å². The van der Waals surface area contributed by atoms with Gasteiger partial charge in [0.1, 0.15) is 6.17 Å². The van der Waals surface area contributed by atoms with E-state index in [1.54, 1.807) is 0 Å². The van der Waals surface area contributed by atoms with E-state index >= 15 is 0 Å². The number of nitrogens with one attached hydrogen (secondary N) is 1. The normalized spacial score (nSPS) is 13.6. The Morgan fingerprint density at radius 3 is 2.16 bits per heavy atom. The average molecular weight is 746 g/mol. The third-order valence-electron chi connectivity index (χ3n) is 11.6. The molecule has 58 heavy (non-hydrogen) atoms. The summed E-state index contributed by atoms with van der Waals surface area (Å²) in [5.74, 6) is 0. The van der Waals surface area contributed by atoms with E-state index in [1.165, 1.54) is 60.3 Å². The van der Waals surface area contributed by atoms with E-state index in [-0.39, 0.29) is 12.2 Å². The number of aromatic nitrogens is 1. The molecule has 1 aliphatic rings. The van der Waals surface area contributed by atoms with Crippen LogP contribution in [0.4, 0.5) is 0 Å². The van der Waals surface area contributed by atoms with Crippen LogP contribution in [0.15, 0.2) is 193 Å². The molecule has 1 aromatic heterocycles. The highest BCUT2D eigenvalue weighted by molar-refractivity contribution is 6.17. The molecule has 1 aliphatic carbocycles. The van der Waals surface area contributed by atoms with Crippen LogP contribution in [0.1, 0.15) is 53.4 Å². The van der Waals surface area contributed by atoms with Gasteiger partial charge in [-0.15, -0.1) is 0 Å². The fourth-order valence-corrected chi connectivity index (χ4v) is 8.52. The van der Waals surface area contributed by atoms with E-state index in [0.29, 0.717) is 0 Å². The molecule has 0 saturated heterocycles. The maximum atomic E-state index is 5.22. The minimum Gasteiger partial charge on any atom is -0.285 e. The van der Waals surface area contributed by atoms with Gasteiger partial charge in [-0.05, 0) is 110 Å². The largest absolute Gasteiger partial charge is 0.285 e. The van der Waals surface area contributed by atoms with E-state index < -0.39 is 0 Å². The molecule has 0 spiro atoms. The van der Waals surface area contributed by atoms with E-state index in [1.807, 2.05) is 6.21 Å². The lowest BCUT2D eigenvalue weighted by Gasteiger charge is -2.23. The van der Waals surface area contributed by atoms with Crippen molar-refractivity contribution in [2.45, 2.75) is 32.0 Å². The Bertz CT molecular complexity index is 2980. The van der Waals surface area contributed by atoms with Gasteiger partial charge in [0.2, 0.25) is 0 Å². The van der Waals surface area contributed by atoms with Gasteiger partial charge in [0.15, 0.2) is 0 Å². The van der Waals surface area contributed by atoms with Crippen LogP contribution in [-0.4, -0.2) is 11.2 Å². The highest BCUT2D eigenvalue weighted by Gasteiger charge is 2.18. The maximum absolute atomic E-state index is 5.22. The van der Waals surface area contributed by atoms with Crippen LogP contribution in [0.5, 0.6) is 0 Å². The quantitative estimate of drug-likeness (QED) is 0.118. The molecule has 0 amide bonds. The number of fused-ring (bicyclic) bond motifs is 5. The molecule has 9 aromatic rings. The monoisotopic (exact) mass is 745 g/mol. The number of hydrogen-bond acceptors (Lipinski definition) is 3. The predicted octanol–water partition coefficient (Wildman–Crippen LogP) is 14.0. The lowest BCUT2D eigenvalue weighted by atomic mass is 9.91. The second-order valence-corrected chi connectivity index (χ2v) is 15.3. The summed E-state index contributed by atoms with van der Waals surface area (Å²) < 4.78 is 0. The smallest absolute Gasteiger partial charge is 0.126 e. The Kier molecular flexibility index (Phi) is 9.50. The molecule has 0 radical (unpaired) electrons. The van der Waals surface area contributed by atoms with E-state index in [4.69, 9.17) is 9.98 Å². The summed E-state index contributed by atoms with van der Waals surface area (Å²) >= 11 is 0. The van der Waals surface area contributed by atoms with Crippen LogP contribution in [-0.2, 0) is 6.42 Å². The molecular weight excluding hydrogens is 703 g/mol. The number of benzene rings is 8. The summed E-state index contributed by atoms with van der Waals surface area (Å²) in [6, 6.07) is 65.5. The summed E-state index contributed by atoms with van der Waals surface area (Å²) in [5.41, 5.74) is 14.0. The van der Waals surface area contributed by atoms with Gasteiger partial charge < -0.3 is 0 Å². The number of pyridine rings is 1. The first-order valence-electron chi connectivity index (χ1n) is 20.3. The van der Waals surface area contributed by atoms with Crippen LogP contribution in [0.3, 0.4) is 0 Å². The van der Waals surface area contributed by atoms with Crippen LogP contribution < -0.4 is 5.32 Å². The first-order chi connectivity index (χ1) is 28.6. The third-order valence-corrected chi connectivity index (χ3v) is 11.6. The van der Waals surface area contributed by atoms with Crippen molar-refractivity contribution in [2.24, 2.45) is 4.99 Å². The average Bonchev–Trinajstić information content (AvgIpc) is 3.30. The standard InChI is InChI=1S/C55H43N3/c1-37(45-30-25-40-14-9-11-20-47(40)34-45)57-55(56-36-38-23-24-39-13-8-10-19-46(39)33-38)44-28-26-42(27-29-44)48-21-12-22-50-49(48)31-32-52-54(50)51(41-15-4-2-5-16-41)35-53(58-52)43-17-6-3-7-18-43/h2-10,12-19,21-37,55,57H,11,20H2,1H3/b56-36+/t37-,55?/m0/s1. The molecule has 1 heterocycles. The minimum atomic E-state index is -0.249. The van der Waals surface area contributed by atoms with Gasteiger partial charge in [-0.1, -0.05) is 176 Å². The van der Waals surface area contributed by atoms with Crippen molar-refractivity contribution in [2.75, 3.05) is 0 Å². The van der Waals surface area contributed by atoms with Gasteiger partial charge >= 0.3 is 0 Å². The second kappa shape index (κ2) is 15.5.